The lowest BCUT2D eigenvalue weighted by atomic mass is 9.93. The van der Waals surface area contributed by atoms with Gasteiger partial charge in [0.2, 0.25) is 0 Å². The molecule has 0 bridgehead atoms. The van der Waals surface area contributed by atoms with E-state index in [0.717, 1.165) is 37.6 Å². The van der Waals surface area contributed by atoms with E-state index in [2.05, 4.69) is 12.1 Å². The molecule has 0 amide bonds. The Morgan fingerprint density at radius 1 is 1.12 bits per heavy atom. The zero-order chi connectivity index (χ0) is 18.1. The molecule has 0 saturated heterocycles. The Kier molecular flexibility index (Phi) is 4.55. The van der Waals surface area contributed by atoms with Gasteiger partial charge in [-0.1, -0.05) is 12.1 Å². The highest BCUT2D eigenvalue weighted by atomic mass is 16.5. The molecule has 26 heavy (non-hydrogen) atoms. The van der Waals surface area contributed by atoms with Crippen molar-refractivity contribution in [3.63, 3.8) is 0 Å². The summed E-state index contributed by atoms with van der Waals surface area (Å²) in [5.74, 6) is 2.38. The summed E-state index contributed by atoms with van der Waals surface area (Å²) in [5.41, 5.74) is 3.29. The second-order valence-corrected chi connectivity index (χ2v) is 6.98. The minimum atomic E-state index is -0.0819. The summed E-state index contributed by atoms with van der Waals surface area (Å²) in [5, 5.41) is 0. The summed E-state index contributed by atoms with van der Waals surface area (Å²) in [4.78, 5) is 14.2. The van der Waals surface area contributed by atoms with E-state index < -0.39 is 0 Å². The van der Waals surface area contributed by atoms with E-state index >= 15 is 0 Å². The molecule has 2 atom stereocenters. The molecule has 1 unspecified atom stereocenters. The number of carbonyl (C=O) groups is 1. The molecule has 2 aliphatic rings. The van der Waals surface area contributed by atoms with Crippen LogP contribution >= 0.6 is 0 Å². The van der Waals surface area contributed by atoms with Gasteiger partial charge in [0.15, 0.2) is 17.3 Å². The SMILES string of the molecule is COc1cc2c(cc1OC)C[NH+](C[C@@H]1COc3ccccc3C1=O)CC2. The van der Waals surface area contributed by atoms with Gasteiger partial charge < -0.3 is 19.1 Å². The molecule has 1 N–H and O–H groups in total. The van der Waals surface area contributed by atoms with Crippen LogP contribution in [0.5, 0.6) is 17.2 Å². The van der Waals surface area contributed by atoms with Crippen molar-refractivity contribution in [1.82, 2.24) is 0 Å². The van der Waals surface area contributed by atoms with Gasteiger partial charge in [-0.15, -0.1) is 0 Å². The van der Waals surface area contributed by atoms with Crippen LogP contribution in [0.15, 0.2) is 36.4 Å². The van der Waals surface area contributed by atoms with E-state index in [9.17, 15) is 4.79 Å². The topological polar surface area (TPSA) is 49.2 Å². The van der Waals surface area contributed by atoms with Gasteiger partial charge in [-0.05, 0) is 29.8 Å². The van der Waals surface area contributed by atoms with E-state index in [-0.39, 0.29) is 11.7 Å². The smallest absolute Gasteiger partial charge is 0.178 e. The van der Waals surface area contributed by atoms with Crippen molar-refractivity contribution in [3.05, 3.63) is 53.1 Å². The van der Waals surface area contributed by atoms with Crippen LogP contribution in [0.3, 0.4) is 0 Å². The number of ether oxygens (including phenoxy) is 3. The lowest BCUT2D eigenvalue weighted by Crippen LogP contribution is -3.12. The van der Waals surface area contributed by atoms with Crippen LogP contribution in [0.4, 0.5) is 0 Å². The summed E-state index contributed by atoms with van der Waals surface area (Å²) < 4.78 is 16.7. The van der Waals surface area contributed by atoms with Gasteiger partial charge in [0, 0.05) is 12.0 Å². The number of Topliss-reactive ketones (excluding diaryl/α,β-unsaturated/α-hetero) is 1. The third-order valence-electron chi connectivity index (χ3n) is 5.39. The average molecular weight is 354 g/mol. The van der Waals surface area contributed by atoms with Gasteiger partial charge in [0.05, 0.1) is 32.9 Å². The molecular weight excluding hydrogens is 330 g/mol. The second-order valence-electron chi connectivity index (χ2n) is 6.98. The van der Waals surface area contributed by atoms with Crippen LogP contribution in [-0.2, 0) is 13.0 Å². The molecule has 0 spiro atoms. The maximum absolute atomic E-state index is 12.8. The van der Waals surface area contributed by atoms with Crippen LogP contribution < -0.4 is 19.1 Å². The van der Waals surface area contributed by atoms with Crippen molar-refractivity contribution < 1.29 is 23.9 Å². The minimum Gasteiger partial charge on any atom is -0.493 e. The number of benzene rings is 2. The van der Waals surface area contributed by atoms with Gasteiger partial charge in [-0.3, -0.25) is 4.79 Å². The number of ketones is 1. The van der Waals surface area contributed by atoms with Crippen molar-refractivity contribution in [2.24, 2.45) is 5.92 Å². The molecule has 0 aromatic heterocycles. The molecule has 2 aliphatic heterocycles. The molecular formula is C21H24NO4+. The molecule has 2 aromatic carbocycles. The fraction of sp³-hybridized carbons (Fsp3) is 0.381. The number of fused-ring (bicyclic) bond motifs is 2. The third-order valence-corrected chi connectivity index (χ3v) is 5.39. The van der Waals surface area contributed by atoms with E-state index in [1.54, 1.807) is 14.2 Å². The molecule has 2 heterocycles. The molecule has 0 radical (unpaired) electrons. The monoisotopic (exact) mass is 354 g/mol. The summed E-state index contributed by atoms with van der Waals surface area (Å²) in [7, 11) is 3.32. The molecule has 5 nitrogen and oxygen atoms in total. The molecule has 0 fully saturated rings. The fourth-order valence-electron chi connectivity index (χ4n) is 3.99. The molecule has 136 valence electrons. The van der Waals surface area contributed by atoms with Crippen molar-refractivity contribution in [1.29, 1.82) is 0 Å². The van der Waals surface area contributed by atoms with Gasteiger partial charge in [0.1, 0.15) is 24.8 Å². The van der Waals surface area contributed by atoms with Crippen LogP contribution in [-0.4, -0.2) is 39.7 Å². The van der Waals surface area contributed by atoms with E-state index in [0.29, 0.717) is 17.9 Å². The number of hydrogen-bond acceptors (Lipinski definition) is 4. The largest absolute Gasteiger partial charge is 0.493 e. The molecule has 5 heteroatoms. The Balaban J connectivity index is 1.49. The van der Waals surface area contributed by atoms with Crippen molar-refractivity contribution >= 4 is 5.78 Å². The lowest BCUT2D eigenvalue weighted by Gasteiger charge is -2.31. The van der Waals surface area contributed by atoms with Crippen molar-refractivity contribution in [3.8, 4) is 17.2 Å². The van der Waals surface area contributed by atoms with Gasteiger partial charge in [-0.25, -0.2) is 0 Å². The maximum Gasteiger partial charge on any atom is 0.178 e. The third kappa shape index (κ3) is 3.03. The average Bonchev–Trinajstić information content (AvgIpc) is 2.69. The summed E-state index contributed by atoms with van der Waals surface area (Å²) >= 11 is 0. The second kappa shape index (κ2) is 7.00. The number of nitrogens with one attached hydrogen (secondary N) is 1. The highest BCUT2D eigenvalue weighted by molar-refractivity contribution is 6.01. The normalized spacial score (nSPS) is 21.4. The van der Waals surface area contributed by atoms with Crippen molar-refractivity contribution in [2.75, 3.05) is 33.9 Å². The lowest BCUT2D eigenvalue weighted by molar-refractivity contribution is -0.918. The van der Waals surface area contributed by atoms with Gasteiger partial charge in [-0.2, -0.15) is 0 Å². The molecule has 4 rings (SSSR count). The highest BCUT2D eigenvalue weighted by Gasteiger charge is 2.33. The Bertz CT molecular complexity index is 833. The van der Waals surface area contributed by atoms with Crippen LogP contribution in [0.25, 0.3) is 0 Å². The maximum atomic E-state index is 12.8. The van der Waals surface area contributed by atoms with Crippen LogP contribution in [0.2, 0.25) is 0 Å². The van der Waals surface area contributed by atoms with E-state index in [1.165, 1.54) is 16.0 Å². The number of hydrogen-bond donors (Lipinski definition) is 1. The Morgan fingerprint density at radius 2 is 1.85 bits per heavy atom. The predicted octanol–water partition coefficient (Wildman–Crippen LogP) is 1.54. The van der Waals surface area contributed by atoms with E-state index in [4.69, 9.17) is 14.2 Å². The Labute approximate surface area is 153 Å². The highest BCUT2D eigenvalue weighted by Crippen LogP contribution is 2.31. The standard InChI is InChI=1S/C21H23NO4/c1-24-19-9-14-7-8-22(11-15(14)10-20(19)25-2)12-16-13-26-18-6-4-3-5-17(18)21(16)23/h3-6,9-10,16H,7-8,11-13H2,1-2H3/p+1/t16-/m1/s1. The number of para-hydroxylation sites is 1. The number of rotatable bonds is 4. The van der Waals surface area contributed by atoms with Gasteiger partial charge >= 0.3 is 0 Å². The Morgan fingerprint density at radius 3 is 2.62 bits per heavy atom. The quantitative estimate of drug-likeness (QED) is 0.905. The van der Waals surface area contributed by atoms with Crippen LogP contribution in [0.1, 0.15) is 21.5 Å². The summed E-state index contributed by atoms with van der Waals surface area (Å²) in [6.45, 7) is 3.16. The zero-order valence-electron chi connectivity index (χ0n) is 15.2. The first-order valence-corrected chi connectivity index (χ1v) is 9.03. The summed E-state index contributed by atoms with van der Waals surface area (Å²) in [6, 6.07) is 11.7. The fourth-order valence-corrected chi connectivity index (χ4v) is 3.99. The zero-order valence-corrected chi connectivity index (χ0v) is 15.2. The number of carbonyl (C=O) groups excluding carboxylic acids is 1. The van der Waals surface area contributed by atoms with Gasteiger partial charge in [0.25, 0.3) is 0 Å². The van der Waals surface area contributed by atoms with Crippen molar-refractivity contribution in [2.45, 2.75) is 13.0 Å². The first-order valence-electron chi connectivity index (χ1n) is 9.03. The molecule has 0 aliphatic carbocycles. The minimum absolute atomic E-state index is 0.0819. The Hall–Kier alpha value is -2.53. The summed E-state index contributed by atoms with van der Waals surface area (Å²) in [6.07, 6.45) is 0.976. The molecule has 0 saturated carbocycles. The first-order chi connectivity index (χ1) is 12.7. The number of quaternary nitrogens is 1. The van der Waals surface area contributed by atoms with E-state index in [1.807, 2.05) is 24.3 Å². The molecule has 2 aromatic rings. The van der Waals surface area contributed by atoms with Crippen LogP contribution in [0, 0.1) is 5.92 Å². The predicted molar refractivity (Wildman–Crippen MR) is 97.4 cm³/mol. The first kappa shape index (κ1) is 16.9. The number of methoxy groups -OCH3 is 2.